The van der Waals surface area contributed by atoms with Crippen molar-refractivity contribution in [3.8, 4) is 0 Å². The van der Waals surface area contributed by atoms with Crippen molar-refractivity contribution in [2.24, 2.45) is 0 Å². The maximum atomic E-state index is 11.0. The summed E-state index contributed by atoms with van der Waals surface area (Å²) in [6.45, 7) is 0.965. The van der Waals surface area contributed by atoms with E-state index in [9.17, 15) is 9.59 Å². The number of rotatable bonds is 7. The summed E-state index contributed by atoms with van der Waals surface area (Å²) < 4.78 is 10.3. The van der Waals surface area contributed by atoms with Crippen LogP contribution in [0.15, 0.2) is 39.5 Å². The Morgan fingerprint density at radius 3 is 2.75 bits per heavy atom. The number of nitrogens with one attached hydrogen (secondary N) is 1. The number of carboxylic acids is 1. The molecule has 0 bridgehead atoms. The number of H-pyrrole nitrogens is 1. The van der Waals surface area contributed by atoms with Crippen molar-refractivity contribution in [1.29, 1.82) is 0 Å². The number of oxazole rings is 1. The van der Waals surface area contributed by atoms with E-state index in [0.717, 1.165) is 5.56 Å². The van der Waals surface area contributed by atoms with Crippen LogP contribution in [0.5, 0.6) is 0 Å². The maximum absolute atomic E-state index is 11.0. The Morgan fingerprint density at radius 2 is 2.05 bits per heavy atom. The summed E-state index contributed by atoms with van der Waals surface area (Å²) in [5, 5.41) is 8.87. The third-order valence-corrected chi connectivity index (χ3v) is 2.74. The quantitative estimate of drug-likeness (QED) is 0.753. The van der Waals surface area contributed by atoms with Crippen molar-refractivity contribution in [2.75, 3.05) is 6.61 Å². The largest absolute Gasteiger partial charge is 0.476 e. The van der Waals surface area contributed by atoms with Crippen LogP contribution in [0.4, 0.5) is 0 Å². The van der Waals surface area contributed by atoms with E-state index in [-0.39, 0.29) is 11.5 Å². The fourth-order valence-electron chi connectivity index (χ4n) is 1.81. The van der Waals surface area contributed by atoms with E-state index in [1.807, 2.05) is 30.3 Å². The minimum Gasteiger partial charge on any atom is -0.476 e. The Hall–Kier alpha value is -2.34. The molecule has 0 amide bonds. The number of hydrogen-bond donors (Lipinski definition) is 2. The molecule has 106 valence electrons. The zero-order chi connectivity index (χ0) is 14.4. The summed E-state index contributed by atoms with van der Waals surface area (Å²) in [6, 6.07) is 9.74. The van der Waals surface area contributed by atoms with Gasteiger partial charge >= 0.3 is 11.7 Å². The van der Waals surface area contributed by atoms with Crippen LogP contribution in [0, 0.1) is 0 Å². The molecule has 1 aromatic carbocycles. The number of aromatic amines is 1. The second-order valence-corrected chi connectivity index (χ2v) is 4.26. The number of aryl methyl sites for hydroxylation is 1. The summed E-state index contributed by atoms with van der Waals surface area (Å²) in [5.41, 5.74) is 0.893. The molecule has 0 saturated carbocycles. The van der Waals surface area contributed by atoms with Gasteiger partial charge in [0.15, 0.2) is 5.69 Å². The van der Waals surface area contributed by atoms with Gasteiger partial charge in [-0.25, -0.2) is 9.59 Å². The second-order valence-electron chi connectivity index (χ2n) is 4.26. The van der Waals surface area contributed by atoms with Gasteiger partial charge < -0.3 is 14.3 Å². The highest BCUT2D eigenvalue weighted by atomic mass is 16.5. The number of hydrogen-bond acceptors (Lipinski definition) is 4. The Kier molecular flexibility index (Phi) is 4.73. The highest BCUT2D eigenvalue weighted by Gasteiger charge is 2.15. The van der Waals surface area contributed by atoms with Gasteiger partial charge in [-0.1, -0.05) is 30.3 Å². The van der Waals surface area contributed by atoms with Crippen LogP contribution in [0.2, 0.25) is 0 Å². The van der Waals surface area contributed by atoms with Crippen LogP contribution in [0.3, 0.4) is 0 Å². The van der Waals surface area contributed by atoms with Crippen molar-refractivity contribution >= 4 is 5.97 Å². The molecule has 0 aliphatic heterocycles. The Bertz CT molecular complexity index is 614. The predicted octanol–water partition coefficient (Wildman–Crippen LogP) is 1.82. The predicted molar refractivity (Wildman–Crippen MR) is 70.7 cm³/mol. The zero-order valence-corrected chi connectivity index (χ0v) is 10.8. The average Bonchev–Trinajstić information content (AvgIpc) is 2.81. The first-order valence-electron chi connectivity index (χ1n) is 6.24. The number of carboxylic acid groups (broad SMARTS) is 1. The average molecular weight is 277 g/mol. The molecule has 6 heteroatoms. The van der Waals surface area contributed by atoms with Crippen molar-refractivity contribution in [3.05, 3.63) is 57.9 Å². The Labute approximate surface area is 115 Å². The smallest absolute Gasteiger partial charge is 0.417 e. The van der Waals surface area contributed by atoms with E-state index in [4.69, 9.17) is 14.3 Å². The van der Waals surface area contributed by atoms with E-state index in [1.54, 1.807) is 0 Å². The zero-order valence-electron chi connectivity index (χ0n) is 10.8. The summed E-state index contributed by atoms with van der Waals surface area (Å²) in [5.74, 6) is -1.79. The lowest BCUT2D eigenvalue weighted by Gasteiger charge is -2.03. The molecule has 1 heterocycles. The summed E-state index contributed by atoms with van der Waals surface area (Å²) in [7, 11) is 0. The first-order chi connectivity index (χ1) is 9.66. The van der Waals surface area contributed by atoms with E-state index in [1.165, 1.54) is 0 Å². The number of aromatic nitrogens is 1. The van der Waals surface area contributed by atoms with Crippen LogP contribution in [-0.4, -0.2) is 22.7 Å². The molecule has 6 nitrogen and oxygen atoms in total. The van der Waals surface area contributed by atoms with Gasteiger partial charge in [0.2, 0.25) is 0 Å². The van der Waals surface area contributed by atoms with Crippen molar-refractivity contribution in [1.82, 2.24) is 4.98 Å². The molecule has 0 fully saturated rings. The monoisotopic (exact) mass is 277 g/mol. The van der Waals surface area contributed by atoms with Crippen LogP contribution in [-0.2, 0) is 17.8 Å². The molecule has 0 aliphatic carbocycles. The van der Waals surface area contributed by atoms with E-state index < -0.39 is 11.7 Å². The molecule has 0 atom stereocenters. The third-order valence-electron chi connectivity index (χ3n) is 2.74. The summed E-state index contributed by atoms with van der Waals surface area (Å²) >= 11 is 0. The molecular weight excluding hydrogens is 262 g/mol. The maximum Gasteiger partial charge on any atom is 0.417 e. The molecule has 2 N–H and O–H groups in total. The van der Waals surface area contributed by atoms with Gasteiger partial charge in [0.25, 0.3) is 0 Å². The summed E-state index contributed by atoms with van der Waals surface area (Å²) in [6.07, 6.45) is 0.920. The highest BCUT2D eigenvalue weighted by molar-refractivity contribution is 5.86. The summed E-state index contributed by atoms with van der Waals surface area (Å²) in [4.78, 5) is 24.0. The number of ether oxygens (including phenoxy) is 1. The number of aromatic carboxylic acids is 1. The topological polar surface area (TPSA) is 92.5 Å². The SMILES string of the molecule is O=C(O)c1[nH]c(=O)oc1CCCOCc1ccccc1. The Morgan fingerprint density at radius 1 is 1.30 bits per heavy atom. The lowest BCUT2D eigenvalue weighted by atomic mass is 10.2. The van der Waals surface area contributed by atoms with Gasteiger partial charge in [0.05, 0.1) is 6.61 Å². The minimum atomic E-state index is -1.20. The molecule has 20 heavy (non-hydrogen) atoms. The van der Waals surface area contributed by atoms with Crippen molar-refractivity contribution < 1.29 is 19.1 Å². The van der Waals surface area contributed by atoms with E-state index in [0.29, 0.717) is 26.1 Å². The van der Waals surface area contributed by atoms with Gasteiger partial charge in [-0.05, 0) is 12.0 Å². The lowest BCUT2D eigenvalue weighted by molar-refractivity contribution is 0.0688. The van der Waals surface area contributed by atoms with Gasteiger partial charge in [0.1, 0.15) is 5.76 Å². The van der Waals surface area contributed by atoms with E-state index in [2.05, 4.69) is 4.98 Å². The van der Waals surface area contributed by atoms with Gasteiger partial charge in [-0.15, -0.1) is 0 Å². The van der Waals surface area contributed by atoms with Gasteiger partial charge in [-0.2, -0.15) is 0 Å². The van der Waals surface area contributed by atoms with Crippen molar-refractivity contribution in [3.63, 3.8) is 0 Å². The number of carbonyl (C=O) groups is 1. The minimum absolute atomic E-state index is 0.158. The first-order valence-corrected chi connectivity index (χ1v) is 6.24. The van der Waals surface area contributed by atoms with Crippen molar-refractivity contribution in [2.45, 2.75) is 19.4 Å². The lowest BCUT2D eigenvalue weighted by Crippen LogP contribution is -2.04. The number of benzene rings is 1. The highest BCUT2D eigenvalue weighted by Crippen LogP contribution is 2.08. The molecule has 0 unspecified atom stereocenters. The molecule has 1 aromatic heterocycles. The standard InChI is InChI=1S/C14H15NO5/c16-13(17)12-11(20-14(18)15-12)7-4-8-19-9-10-5-2-1-3-6-10/h1-3,5-6H,4,7-9H2,(H,15,18)(H,16,17). The van der Waals surface area contributed by atoms with E-state index >= 15 is 0 Å². The second kappa shape index (κ2) is 6.72. The van der Waals surface area contributed by atoms with Gasteiger partial charge in [0, 0.05) is 13.0 Å². The molecule has 0 saturated heterocycles. The molecule has 2 rings (SSSR count). The molecule has 2 aromatic rings. The van der Waals surface area contributed by atoms with Crippen LogP contribution in [0.1, 0.15) is 28.2 Å². The molecular formula is C14H15NO5. The van der Waals surface area contributed by atoms with Crippen LogP contribution < -0.4 is 5.76 Å². The first kappa shape index (κ1) is 14.1. The molecule has 0 spiro atoms. The van der Waals surface area contributed by atoms with Crippen LogP contribution >= 0.6 is 0 Å². The fraction of sp³-hybridized carbons (Fsp3) is 0.286. The molecule has 0 aliphatic rings. The molecule has 0 radical (unpaired) electrons. The van der Waals surface area contributed by atoms with Crippen LogP contribution in [0.25, 0.3) is 0 Å². The van der Waals surface area contributed by atoms with Gasteiger partial charge in [-0.3, -0.25) is 4.98 Å². The third kappa shape index (κ3) is 3.83. The fourth-order valence-corrected chi connectivity index (χ4v) is 1.81. The normalized spacial score (nSPS) is 10.6. The Balaban J connectivity index is 1.76.